The van der Waals surface area contributed by atoms with Crippen molar-refractivity contribution in [2.45, 2.75) is 0 Å². The first-order chi connectivity index (χ1) is 11.8. The Morgan fingerprint density at radius 2 is 1.92 bits per heavy atom. The summed E-state index contributed by atoms with van der Waals surface area (Å²) in [4.78, 5) is 4.41. The molecule has 0 fully saturated rings. The van der Waals surface area contributed by atoms with Crippen LogP contribution in [0.3, 0.4) is 0 Å². The highest BCUT2D eigenvalue weighted by molar-refractivity contribution is 5.95. The summed E-state index contributed by atoms with van der Waals surface area (Å²) in [6, 6.07) is 7.64. The van der Waals surface area contributed by atoms with Gasteiger partial charge >= 0.3 is 0 Å². The molecule has 0 atom stereocenters. The first-order valence-corrected chi connectivity index (χ1v) is 7.45. The zero-order valence-electron chi connectivity index (χ0n) is 13.6. The Bertz CT molecular complexity index is 863. The van der Waals surface area contributed by atoms with Gasteiger partial charge in [0.05, 0.1) is 25.9 Å². The van der Waals surface area contributed by atoms with Crippen LogP contribution < -0.4 is 14.8 Å². The van der Waals surface area contributed by atoms with Crippen LogP contribution in [-0.2, 0) is 0 Å². The van der Waals surface area contributed by atoms with Crippen molar-refractivity contribution in [3.05, 3.63) is 49.3 Å². The molecule has 0 radical (unpaired) electrons. The quantitative estimate of drug-likeness (QED) is 0.702. The lowest BCUT2D eigenvalue weighted by Crippen LogP contribution is -1.99. The third-order valence-corrected chi connectivity index (χ3v) is 3.65. The van der Waals surface area contributed by atoms with Crippen LogP contribution in [0.15, 0.2) is 49.3 Å². The normalized spacial score (nSPS) is 10.4. The van der Waals surface area contributed by atoms with E-state index in [1.165, 1.54) is 0 Å². The van der Waals surface area contributed by atoms with Crippen molar-refractivity contribution in [3.8, 4) is 22.6 Å². The summed E-state index contributed by atoms with van der Waals surface area (Å²) in [7, 11) is 3.21. The van der Waals surface area contributed by atoms with E-state index in [9.17, 15) is 0 Å². The second-order valence-corrected chi connectivity index (χ2v) is 5.08. The van der Waals surface area contributed by atoms with Gasteiger partial charge < -0.3 is 14.8 Å². The maximum absolute atomic E-state index is 5.39. The van der Waals surface area contributed by atoms with Crippen molar-refractivity contribution in [3.63, 3.8) is 0 Å². The van der Waals surface area contributed by atoms with Gasteiger partial charge in [-0.1, -0.05) is 6.08 Å². The van der Waals surface area contributed by atoms with Crippen molar-refractivity contribution in [1.82, 2.24) is 15.2 Å². The van der Waals surface area contributed by atoms with Crippen LogP contribution in [0.2, 0.25) is 0 Å². The zero-order valence-corrected chi connectivity index (χ0v) is 13.6. The van der Waals surface area contributed by atoms with E-state index >= 15 is 0 Å². The molecule has 122 valence electrons. The lowest BCUT2D eigenvalue weighted by Gasteiger charge is -2.11. The van der Waals surface area contributed by atoms with Crippen LogP contribution in [0.5, 0.6) is 11.5 Å². The molecule has 0 saturated heterocycles. The number of fused-ring (bicyclic) bond motifs is 1. The predicted octanol–water partition coefficient (Wildman–Crippen LogP) is 3.31. The Morgan fingerprint density at radius 3 is 2.58 bits per heavy atom. The van der Waals surface area contributed by atoms with E-state index in [0.717, 1.165) is 27.8 Å². The van der Waals surface area contributed by atoms with Crippen molar-refractivity contribution in [2.24, 2.45) is 0 Å². The molecule has 1 N–H and O–H groups in total. The van der Waals surface area contributed by atoms with Crippen LogP contribution >= 0.6 is 0 Å². The third kappa shape index (κ3) is 2.99. The van der Waals surface area contributed by atoms with Crippen LogP contribution in [0, 0.1) is 0 Å². The number of nitrogens with one attached hydrogen (secondary N) is 1. The van der Waals surface area contributed by atoms with E-state index in [1.807, 2.05) is 24.3 Å². The van der Waals surface area contributed by atoms with Gasteiger partial charge in [0, 0.05) is 35.3 Å². The lowest BCUT2D eigenvalue weighted by molar-refractivity contribution is 0.356. The van der Waals surface area contributed by atoms with E-state index in [2.05, 4.69) is 27.1 Å². The highest BCUT2D eigenvalue weighted by Crippen LogP contribution is 2.35. The smallest absolute Gasteiger partial charge is 0.162 e. The minimum absolute atomic E-state index is 0.624. The summed E-state index contributed by atoms with van der Waals surface area (Å²) in [6.07, 6.45) is 5.32. The van der Waals surface area contributed by atoms with Crippen molar-refractivity contribution in [2.75, 3.05) is 26.1 Å². The fraction of sp³-hybridized carbons (Fsp3) is 0.167. The zero-order chi connectivity index (χ0) is 16.9. The summed E-state index contributed by atoms with van der Waals surface area (Å²) in [6.45, 7) is 4.35. The summed E-state index contributed by atoms with van der Waals surface area (Å²) in [5, 5.41) is 12.3. The fourth-order valence-electron chi connectivity index (χ4n) is 2.45. The lowest BCUT2D eigenvalue weighted by atomic mass is 10.0. The van der Waals surface area contributed by atoms with Crippen LogP contribution in [-0.4, -0.2) is 35.9 Å². The highest BCUT2D eigenvalue weighted by Gasteiger charge is 2.12. The molecule has 6 heteroatoms. The molecule has 24 heavy (non-hydrogen) atoms. The first-order valence-electron chi connectivity index (χ1n) is 7.45. The number of ether oxygens (including phenoxy) is 2. The van der Waals surface area contributed by atoms with Gasteiger partial charge in [-0.25, -0.2) is 4.98 Å². The number of methoxy groups -OCH3 is 2. The molecule has 3 rings (SSSR count). The number of rotatable bonds is 6. The maximum Gasteiger partial charge on any atom is 0.162 e. The standard InChI is InChI=1S/C18H18N4O2/c1-4-7-19-18-6-5-12(10-20-18)14-11-21-22-15-9-17(24-3)16(23-2)8-13(14)15/h4-6,8-11H,1,7H2,2-3H3,(H,19,20). The Kier molecular flexibility index (Phi) is 4.56. The molecule has 2 aromatic heterocycles. The Balaban J connectivity index is 2.07. The number of benzene rings is 1. The number of nitrogens with zero attached hydrogens (tertiary/aromatic N) is 3. The van der Waals surface area contributed by atoms with Gasteiger partial charge in [0.25, 0.3) is 0 Å². The molecule has 0 aliphatic rings. The molecular weight excluding hydrogens is 304 g/mol. The van der Waals surface area contributed by atoms with Gasteiger partial charge in [0.15, 0.2) is 11.5 Å². The molecular formula is C18H18N4O2. The van der Waals surface area contributed by atoms with E-state index in [1.54, 1.807) is 32.7 Å². The highest BCUT2D eigenvalue weighted by atomic mass is 16.5. The Morgan fingerprint density at radius 1 is 1.12 bits per heavy atom. The van der Waals surface area contributed by atoms with Crippen LogP contribution in [0.25, 0.3) is 22.0 Å². The average Bonchev–Trinajstić information content (AvgIpc) is 2.65. The number of aromatic nitrogens is 3. The summed E-state index contributed by atoms with van der Waals surface area (Å²) in [5.41, 5.74) is 2.62. The van der Waals surface area contributed by atoms with E-state index in [-0.39, 0.29) is 0 Å². The number of hydrogen-bond acceptors (Lipinski definition) is 6. The van der Waals surface area contributed by atoms with E-state index in [4.69, 9.17) is 9.47 Å². The molecule has 0 aliphatic heterocycles. The van der Waals surface area contributed by atoms with E-state index < -0.39 is 0 Å². The monoisotopic (exact) mass is 322 g/mol. The van der Waals surface area contributed by atoms with Crippen LogP contribution in [0.1, 0.15) is 0 Å². The van der Waals surface area contributed by atoms with Gasteiger partial charge in [-0.3, -0.25) is 0 Å². The molecule has 0 unspecified atom stereocenters. The van der Waals surface area contributed by atoms with Gasteiger partial charge in [-0.15, -0.1) is 6.58 Å². The van der Waals surface area contributed by atoms with Crippen LogP contribution in [0.4, 0.5) is 5.82 Å². The molecule has 0 amide bonds. The SMILES string of the molecule is C=CCNc1ccc(-c2cnnc3cc(OC)c(OC)cc23)cn1. The maximum atomic E-state index is 5.39. The minimum atomic E-state index is 0.624. The average molecular weight is 322 g/mol. The molecule has 3 aromatic rings. The third-order valence-electron chi connectivity index (χ3n) is 3.65. The Hall–Kier alpha value is -3.15. The van der Waals surface area contributed by atoms with Crippen molar-refractivity contribution in [1.29, 1.82) is 0 Å². The fourth-order valence-corrected chi connectivity index (χ4v) is 2.45. The van der Waals surface area contributed by atoms with Gasteiger partial charge in [-0.05, 0) is 18.2 Å². The van der Waals surface area contributed by atoms with Gasteiger partial charge in [-0.2, -0.15) is 10.2 Å². The first kappa shape index (κ1) is 15.7. The predicted molar refractivity (Wildman–Crippen MR) is 94.6 cm³/mol. The summed E-state index contributed by atoms with van der Waals surface area (Å²) in [5.74, 6) is 2.07. The summed E-state index contributed by atoms with van der Waals surface area (Å²) >= 11 is 0. The molecule has 6 nitrogen and oxygen atoms in total. The topological polar surface area (TPSA) is 69.2 Å². The van der Waals surface area contributed by atoms with Crippen molar-refractivity contribution < 1.29 is 9.47 Å². The summed E-state index contributed by atoms with van der Waals surface area (Å²) < 4.78 is 10.7. The number of pyridine rings is 1. The number of anilines is 1. The van der Waals surface area contributed by atoms with Gasteiger partial charge in [0.1, 0.15) is 5.82 Å². The second-order valence-electron chi connectivity index (χ2n) is 5.08. The van der Waals surface area contributed by atoms with E-state index in [0.29, 0.717) is 18.0 Å². The largest absolute Gasteiger partial charge is 0.493 e. The Labute approximate surface area is 140 Å². The second kappa shape index (κ2) is 6.95. The van der Waals surface area contributed by atoms with Gasteiger partial charge in [0.2, 0.25) is 0 Å². The van der Waals surface area contributed by atoms with Crippen molar-refractivity contribution >= 4 is 16.7 Å². The molecule has 0 spiro atoms. The minimum Gasteiger partial charge on any atom is -0.493 e. The molecule has 1 aromatic carbocycles. The number of hydrogen-bond donors (Lipinski definition) is 1. The molecule has 0 aliphatic carbocycles. The molecule has 0 saturated carbocycles. The molecule has 0 bridgehead atoms. The molecule has 2 heterocycles.